The highest BCUT2D eigenvalue weighted by molar-refractivity contribution is 5.77. The van der Waals surface area contributed by atoms with Crippen molar-refractivity contribution in [1.82, 2.24) is 0 Å². The zero-order valence-corrected chi connectivity index (χ0v) is 11.9. The zero-order valence-electron chi connectivity index (χ0n) is 11.9. The van der Waals surface area contributed by atoms with E-state index < -0.39 is 23.7 Å². The van der Waals surface area contributed by atoms with Gasteiger partial charge in [0.15, 0.2) is 17.7 Å². The van der Waals surface area contributed by atoms with Gasteiger partial charge < -0.3 is 9.47 Å². The lowest BCUT2D eigenvalue weighted by molar-refractivity contribution is -0.146. The lowest BCUT2D eigenvalue weighted by Crippen LogP contribution is -2.11. The molecule has 0 amide bonds. The van der Waals surface area contributed by atoms with E-state index in [1.807, 2.05) is 0 Å². The first kappa shape index (κ1) is 15.1. The first-order valence-electron chi connectivity index (χ1n) is 6.86. The van der Waals surface area contributed by atoms with Crippen molar-refractivity contribution in [2.75, 3.05) is 6.61 Å². The number of rotatable bonds is 4. The molecule has 1 saturated heterocycles. The Morgan fingerprint density at radius 1 is 1.22 bits per heavy atom. The van der Waals surface area contributed by atoms with E-state index in [-0.39, 0.29) is 17.7 Å². The van der Waals surface area contributed by atoms with Crippen LogP contribution < -0.4 is 0 Å². The van der Waals surface area contributed by atoms with E-state index in [9.17, 15) is 13.6 Å². The molecule has 0 saturated carbocycles. The first-order valence-corrected chi connectivity index (χ1v) is 6.86. The Labute approximate surface area is 130 Å². The van der Waals surface area contributed by atoms with E-state index >= 15 is 0 Å². The molecule has 1 unspecified atom stereocenters. The Hall–Kier alpha value is -2.78. The Morgan fingerprint density at radius 3 is 2.52 bits per heavy atom. The third-order valence-electron chi connectivity index (χ3n) is 3.45. The van der Waals surface area contributed by atoms with Crippen molar-refractivity contribution >= 4 is 5.97 Å². The van der Waals surface area contributed by atoms with Crippen molar-refractivity contribution in [3.63, 3.8) is 0 Å². The first-order chi connectivity index (χ1) is 11.1. The SMILES string of the molecule is N#Cc1ccc(-c2ccc(COC(=O)C3CO3)cc2)c(F)c1F. The molecule has 0 N–H and O–H groups in total. The monoisotopic (exact) mass is 315 g/mol. The smallest absolute Gasteiger partial charge is 0.338 e. The molecule has 0 spiro atoms. The van der Waals surface area contributed by atoms with E-state index in [4.69, 9.17) is 14.7 Å². The van der Waals surface area contributed by atoms with Gasteiger partial charge in [0, 0.05) is 5.56 Å². The molecule has 3 rings (SSSR count). The summed E-state index contributed by atoms with van der Waals surface area (Å²) in [5, 5.41) is 8.68. The van der Waals surface area contributed by atoms with Crippen LogP contribution >= 0.6 is 0 Å². The molecule has 1 heterocycles. The van der Waals surface area contributed by atoms with Crippen LogP contribution in [0.3, 0.4) is 0 Å². The van der Waals surface area contributed by atoms with E-state index in [0.717, 1.165) is 5.56 Å². The number of hydrogen-bond donors (Lipinski definition) is 0. The fraction of sp³-hybridized carbons (Fsp3) is 0.176. The van der Waals surface area contributed by atoms with Crippen LogP contribution in [0.15, 0.2) is 36.4 Å². The standard InChI is InChI=1S/C17H11F2NO3/c18-15-12(7-20)5-6-13(16(15)19)11-3-1-10(2-4-11)8-23-17(21)14-9-22-14/h1-6,14H,8-9H2. The molecule has 0 radical (unpaired) electrons. The molecule has 2 aromatic carbocycles. The number of esters is 1. The molecule has 1 aliphatic heterocycles. The van der Waals surface area contributed by atoms with Crippen molar-refractivity contribution in [1.29, 1.82) is 5.26 Å². The number of nitrogens with zero attached hydrogens (tertiary/aromatic N) is 1. The number of epoxide rings is 1. The van der Waals surface area contributed by atoms with Gasteiger partial charge in [-0.15, -0.1) is 0 Å². The third-order valence-corrected chi connectivity index (χ3v) is 3.45. The van der Waals surface area contributed by atoms with E-state index in [2.05, 4.69) is 0 Å². The molecule has 0 aromatic heterocycles. The van der Waals surface area contributed by atoms with Gasteiger partial charge in [-0.05, 0) is 23.3 Å². The minimum absolute atomic E-state index is 0.0661. The van der Waals surface area contributed by atoms with Crippen LogP contribution in [0.1, 0.15) is 11.1 Å². The highest BCUT2D eigenvalue weighted by atomic mass is 19.2. The van der Waals surface area contributed by atoms with Gasteiger partial charge in [-0.25, -0.2) is 13.6 Å². The summed E-state index contributed by atoms with van der Waals surface area (Å²) >= 11 is 0. The summed E-state index contributed by atoms with van der Waals surface area (Å²) in [5.74, 6) is -2.63. The van der Waals surface area contributed by atoms with Crippen molar-refractivity contribution in [2.24, 2.45) is 0 Å². The lowest BCUT2D eigenvalue weighted by atomic mass is 10.0. The molecule has 1 atom stereocenters. The van der Waals surface area contributed by atoms with Crippen molar-refractivity contribution in [3.05, 3.63) is 59.2 Å². The summed E-state index contributed by atoms with van der Waals surface area (Å²) in [6.07, 6.45) is -0.454. The van der Waals surface area contributed by atoms with Crippen LogP contribution in [-0.4, -0.2) is 18.7 Å². The normalized spacial score (nSPS) is 15.8. The van der Waals surface area contributed by atoms with Crippen molar-refractivity contribution < 1.29 is 23.0 Å². The molecule has 116 valence electrons. The molecule has 2 aromatic rings. The largest absolute Gasteiger partial charge is 0.459 e. The van der Waals surface area contributed by atoms with Crippen LogP contribution in [0.25, 0.3) is 11.1 Å². The number of carbonyl (C=O) groups excluding carboxylic acids is 1. The van der Waals surface area contributed by atoms with Crippen LogP contribution in [-0.2, 0) is 20.9 Å². The number of hydrogen-bond acceptors (Lipinski definition) is 4. The van der Waals surface area contributed by atoms with Gasteiger partial charge in [0.25, 0.3) is 0 Å². The summed E-state index contributed by atoms with van der Waals surface area (Å²) in [6, 6.07) is 10.7. The fourth-order valence-electron chi connectivity index (χ4n) is 2.07. The second kappa shape index (κ2) is 6.15. The summed E-state index contributed by atoms with van der Waals surface area (Å²) in [7, 11) is 0. The lowest BCUT2D eigenvalue weighted by Gasteiger charge is -2.07. The minimum atomic E-state index is -1.16. The number of ether oxygens (including phenoxy) is 2. The Balaban J connectivity index is 1.75. The van der Waals surface area contributed by atoms with Gasteiger partial charge >= 0.3 is 5.97 Å². The minimum Gasteiger partial charge on any atom is -0.459 e. The molecule has 4 nitrogen and oxygen atoms in total. The van der Waals surface area contributed by atoms with Crippen molar-refractivity contribution in [2.45, 2.75) is 12.7 Å². The molecule has 0 bridgehead atoms. The summed E-state index contributed by atoms with van der Waals surface area (Å²) in [5.41, 5.74) is 0.914. The topological polar surface area (TPSA) is 62.6 Å². The third kappa shape index (κ3) is 3.20. The molecule has 1 fully saturated rings. The van der Waals surface area contributed by atoms with Gasteiger partial charge in [0.1, 0.15) is 12.7 Å². The van der Waals surface area contributed by atoms with E-state index in [1.54, 1.807) is 30.3 Å². The molecular formula is C17H11F2NO3. The molecule has 6 heteroatoms. The molecule has 23 heavy (non-hydrogen) atoms. The molecule has 1 aliphatic rings. The number of carbonyl (C=O) groups is 1. The van der Waals surface area contributed by atoms with Crippen LogP contribution in [0.5, 0.6) is 0 Å². The van der Waals surface area contributed by atoms with E-state index in [1.165, 1.54) is 12.1 Å². The summed E-state index contributed by atoms with van der Waals surface area (Å²) in [4.78, 5) is 11.3. The number of halogens is 2. The van der Waals surface area contributed by atoms with Gasteiger partial charge in [0.2, 0.25) is 0 Å². The van der Waals surface area contributed by atoms with Crippen molar-refractivity contribution in [3.8, 4) is 17.2 Å². The Kier molecular flexibility index (Phi) is 4.04. The van der Waals surface area contributed by atoms with Gasteiger partial charge in [0.05, 0.1) is 12.2 Å². The van der Waals surface area contributed by atoms with Gasteiger partial charge in [-0.3, -0.25) is 0 Å². The zero-order chi connectivity index (χ0) is 16.4. The predicted octanol–water partition coefficient (Wildman–Crippen LogP) is 2.95. The van der Waals surface area contributed by atoms with Gasteiger partial charge in [-0.1, -0.05) is 24.3 Å². The second-order valence-corrected chi connectivity index (χ2v) is 5.03. The average molecular weight is 315 g/mol. The highest BCUT2D eigenvalue weighted by Gasteiger charge is 2.32. The highest BCUT2D eigenvalue weighted by Crippen LogP contribution is 2.26. The predicted molar refractivity (Wildman–Crippen MR) is 76.0 cm³/mol. The molecule has 0 aliphatic carbocycles. The summed E-state index contributed by atoms with van der Waals surface area (Å²) in [6.45, 7) is 0.477. The van der Waals surface area contributed by atoms with Crippen LogP contribution in [0, 0.1) is 23.0 Å². The Bertz CT molecular complexity index is 793. The number of benzene rings is 2. The summed E-state index contributed by atoms with van der Waals surface area (Å²) < 4.78 is 37.5. The number of nitriles is 1. The van der Waals surface area contributed by atoms with E-state index in [0.29, 0.717) is 12.2 Å². The van der Waals surface area contributed by atoms with Gasteiger partial charge in [-0.2, -0.15) is 5.26 Å². The maximum absolute atomic E-state index is 14.0. The van der Waals surface area contributed by atoms with Crippen LogP contribution in [0.4, 0.5) is 8.78 Å². The molecular weight excluding hydrogens is 304 g/mol. The fourth-order valence-corrected chi connectivity index (χ4v) is 2.07. The maximum atomic E-state index is 14.0. The average Bonchev–Trinajstić information content (AvgIpc) is 3.41. The second-order valence-electron chi connectivity index (χ2n) is 5.03. The quantitative estimate of drug-likeness (QED) is 0.643. The Morgan fingerprint density at radius 2 is 1.91 bits per heavy atom. The maximum Gasteiger partial charge on any atom is 0.338 e. The van der Waals surface area contributed by atoms with Crippen LogP contribution in [0.2, 0.25) is 0 Å².